The smallest absolute Gasteiger partial charge is 0.256 e. The Labute approximate surface area is 179 Å². The Bertz CT molecular complexity index is 1140. The number of benzene rings is 2. The van der Waals surface area contributed by atoms with Gasteiger partial charge in [0.1, 0.15) is 5.82 Å². The summed E-state index contributed by atoms with van der Waals surface area (Å²) in [6.07, 6.45) is 4.22. The molecule has 0 spiro atoms. The second-order valence-corrected chi connectivity index (χ2v) is 8.70. The molecule has 0 aliphatic heterocycles. The Morgan fingerprint density at radius 3 is 2.77 bits per heavy atom. The van der Waals surface area contributed by atoms with Crippen molar-refractivity contribution in [2.24, 2.45) is 5.92 Å². The van der Waals surface area contributed by atoms with Crippen LogP contribution >= 0.6 is 11.8 Å². The number of anilines is 1. The minimum absolute atomic E-state index is 0.115. The maximum atomic E-state index is 12.7. The summed E-state index contributed by atoms with van der Waals surface area (Å²) < 4.78 is 1.92. The van der Waals surface area contributed by atoms with Gasteiger partial charge in [-0.2, -0.15) is 5.10 Å². The first-order valence-electron chi connectivity index (χ1n) is 10.2. The van der Waals surface area contributed by atoms with Crippen LogP contribution in [-0.4, -0.2) is 25.7 Å². The van der Waals surface area contributed by atoms with E-state index in [0.29, 0.717) is 17.5 Å². The molecule has 2 N–H and O–H groups in total. The van der Waals surface area contributed by atoms with E-state index in [9.17, 15) is 4.79 Å². The standard InChI is InChI=1S/C23H23N5OS/c1-15(17-10-11-17)28-21(12-13-24-28)27-22(29)18-8-6-16(7-9-18)14-30-23-25-19-4-2-3-5-20(19)26-23/h2-9,12-13,15,17H,10-11,14H2,1H3,(H,25,26)(H,27,29). The first-order valence-corrected chi connectivity index (χ1v) is 11.2. The van der Waals surface area contributed by atoms with Crippen molar-refractivity contribution < 1.29 is 4.79 Å². The molecular weight excluding hydrogens is 394 g/mol. The number of thioether (sulfide) groups is 1. The van der Waals surface area contributed by atoms with E-state index in [-0.39, 0.29) is 5.91 Å². The van der Waals surface area contributed by atoms with Gasteiger partial charge in [-0.1, -0.05) is 36.0 Å². The van der Waals surface area contributed by atoms with Crippen LogP contribution in [0.25, 0.3) is 11.0 Å². The maximum absolute atomic E-state index is 12.7. The van der Waals surface area contributed by atoms with E-state index in [0.717, 1.165) is 33.3 Å². The van der Waals surface area contributed by atoms with Crippen molar-refractivity contribution in [2.45, 2.75) is 36.7 Å². The summed E-state index contributed by atoms with van der Waals surface area (Å²) in [5, 5.41) is 8.30. The third kappa shape index (κ3) is 3.98. The lowest BCUT2D eigenvalue weighted by atomic mass is 10.1. The molecule has 1 fully saturated rings. The number of amides is 1. The summed E-state index contributed by atoms with van der Waals surface area (Å²) in [5.74, 6) is 2.09. The molecule has 2 aromatic carbocycles. The number of carbonyl (C=O) groups is 1. The van der Waals surface area contributed by atoms with Crippen LogP contribution < -0.4 is 5.32 Å². The molecule has 5 rings (SSSR count). The highest BCUT2D eigenvalue weighted by molar-refractivity contribution is 7.98. The third-order valence-electron chi connectivity index (χ3n) is 5.56. The minimum atomic E-state index is -0.115. The molecule has 0 bridgehead atoms. The molecule has 2 heterocycles. The lowest BCUT2D eigenvalue weighted by Gasteiger charge is -2.15. The van der Waals surface area contributed by atoms with E-state index < -0.39 is 0 Å². The zero-order chi connectivity index (χ0) is 20.5. The van der Waals surface area contributed by atoms with Crippen molar-refractivity contribution in [1.82, 2.24) is 19.7 Å². The zero-order valence-corrected chi connectivity index (χ0v) is 17.5. The van der Waals surface area contributed by atoms with Crippen LogP contribution in [0.4, 0.5) is 5.82 Å². The highest BCUT2D eigenvalue weighted by Crippen LogP contribution is 2.40. The number of rotatable bonds is 7. The van der Waals surface area contributed by atoms with Crippen LogP contribution in [0, 0.1) is 5.92 Å². The summed E-state index contributed by atoms with van der Waals surface area (Å²) in [6.45, 7) is 2.16. The SMILES string of the molecule is CC(C1CC1)n1nccc1NC(=O)c1ccc(CSc2nc3ccccc3[nH]2)cc1. The maximum Gasteiger partial charge on any atom is 0.256 e. The van der Waals surface area contributed by atoms with Gasteiger partial charge in [0.2, 0.25) is 0 Å². The second-order valence-electron chi connectivity index (χ2n) is 7.74. The van der Waals surface area contributed by atoms with Gasteiger partial charge in [0, 0.05) is 17.4 Å². The van der Waals surface area contributed by atoms with Crippen molar-refractivity contribution in [1.29, 1.82) is 0 Å². The number of H-pyrrole nitrogens is 1. The summed E-state index contributed by atoms with van der Waals surface area (Å²) in [7, 11) is 0. The topological polar surface area (TPSA) is 75.6 Å². The fourth-order valence-electron chi connectivity index (χ4n) is 3.61. The monoisotopic (exact) mass is 417 g/mol. The second kappa shape index (κ2) is 7.99. The van der Waals surface area contributed by atoms with Gasteiger partial charge < -0.3 is 10.3 Å². The van der Waals surface area contributed by atoms with Crippen molar-refractivity contribution in [3.8, 4) is 0 Å². The number of aromatic amines is 1. The number of aromatic nitrogens is 4. The molecule has 1 atom stereocenters. The lowest BCUT2D eigenvalue weighted by Crippen LogP contribution is -2.18. The van der Waals surface area contributed by atoms with E-state index in [1.165, 1.54) is 12.8 Å². The third-order valence-corrected chi connectivity index (χ3v) is 6.51. The molecule has 1 aliphatic rings. The Morgan fingerprint density at radius 1 is 1.20 bits per heavy atom. The van der Waals surface area contributed by atoms with E-state index in [4.69, 9.17) is 0 Å². The molecule has 2 aromatic heterocycles. The van der Waals surface area contributed by atoms with E-state index >= 15 is 0 Å². The zero-order valence-electron chi connectivity index (χ0n) is 16.7. The van der Waals surface area contributed by atoms with Crippen LogP contribution in [-0.2, 0) is 5.75 Å². The van der Waals surface area contributed by atoms with Crippen LogP contribution in [0.1, 0.15) is 41.7 Å². The number of nitrogens with zero attached hydrogens (tertiary/aromatic N) is 3. The van der Waals surface area contributed by atoms with Gasteiger partial charge in [-0.25, -0.2) is 9.67 Å². The number of imidazole rings is 1. The molecule has 1 unspecified atom stereocenters. The van der Waals surface area contributed by atoms with Crippen molar-refractivity contribution in [3.05, 3.63) is 71.9 Å². The van der Waals surface area contributed by atoms with Crippen LogP contribution in [0.3, 0.4) is 0 Å². The number of carbonyl (C=O) groups excluding carboxylic acids is 1. The van der Waals surface area contributed by atoms with Gasteiger partial charge in [-0.15, -0.1) is 0 Å². The number of para-hydroxylation sites is 2. The summed E-state index contributed by atoms with van der Waals surface area (Å²) in [5.41, 5.74) is 3.80. The predicted molar refractivity (Wildman–Crippen MR) is 120 cm³/mol. The van der Waals surface area contributed by atoms with E-state index in [1.54, 1.807) is 18.0 Å². The molecular formula is C23H23N5OS. The average molecular weight is 418 g/mol. The molecule has 1 saturated carbocycles. The molecule has 6 nitrogen and oxygen atoms in total. The van der Waals surface area contributed by atoms with Crippen LogP contribution in [0.5, 0.6) is 0 Å². The number of hydrogen-bond donors (Lipinski definition) is 2. The fourth-order valence-corrected chi connectivity index (χ4v) is 4.45. The van der Waals surface area contributed by atoms with Gasteiger partial charge >= 0.3 is 0 Å². The summed E-state index contributed by atoms with van der Waals surface area (Å²) in [6, 6.07) is 17.9. The first-order chi connectivity index (χ1) is 14.7. The molecule has 152 valence electrons. The number of nitrogens with one attached hydrogen (secondary N) is 2. The van der Waals surface area contributed by atoms with Crippen molar-refractivity contribution >= 4 is 34.5 Å². The summed E-state index contributed by atoms with van der Waals surface area (Å²) in [4.78, 5) is 20.6. The van der Waals surface area contributed by atoms with Gasteiger partial charge in [-0.3, -0.25) is 4.79 Å². The number of fused-ring (bicyclic) bond motifs is 1. The molecule has 0 radical (unpaired) electrons. The largest absolute Gasteiger partial charge is 0.333 e. The van der Waals surface area contributed by atoms with E-state index in [1.807, 2.05) is 59.3 Å². The first kappa shape index (κ1) is 18.9. The van der Waals surface area contributed by atoms with Gasteiger partial charge in [0.15, 0.2) is 5.16 Å². The Kier molecular flexibility index (Phi) is 5.04. The molecule has 4 aromatic rings. The quantitative estimate of drug-likeness (QED) is 0.401. The predicted octanol–water partition coefficient (Wildman–Crippen LogP) is 5.28. The summed E-state index contributed by atoms with van der Waals surface area (Å²) >= 11 is 1.65. The molecule has 1 amide bonds. The fraction of sp³-hybridized carbons (Fsp3) is 0.261. The Morgan fingerprint density at radius 2 is 2.00 bits per heavy atom. The van der Waals surface area contributed by atoms with E-state index in [2.05, 4.69) is 27.3 Å². The molecule has 7 heteroatoms. The van der Waals surface area contributed by atoms with Gasteiger partial charge in [0.25, 0.3) is 5.91 Å². The minimum Gasteiger partial charge on any atom is -0.333 e. The van der Waals surface area contributed by atoms with Crippen LogP contribution in [0.15, 0.2) is 66.0 Å². The molecule has 1 aliphatic carbocycles. The highest BCUT2D eigenvalue weighted by atomic mass is 32.2. The highest BCUT2D eigenvalue weighted by Gasteiger charge is 2.30. The Hall–Kier alpha value is -3.06. The van der Waals surface area contributed by atoms with Crippen molar-refractivity contribution in [2.75, 3.05) is 5.32 Å². The van der Waals surface area contributed by atoms with Gasteiger partial charge in [0.05, 0.1) is 23.3 Å². The molecule has 0 saturated heterocycles. The van der Waals surface area contributed by atoms with Gasteiger partial charge in [-0.05, 0) is 55.5 Å². The Balaban J connectivity index is 1.21. The molecule has 30 heavy (non-hydrogen) atoms. The van der Waals surface area contributed by atoms with Crippen molar-refractivity contribution in [3.63, 3.8) is 0 Å². The lowest BCUT2D eigenvalue weighted by molar-refractivity contribution is 0.102. The van der Waals surface area contributed by atoms with Crippen LogP contribution in [0.2, 0.25) is 0 Å². The number of hydrogen-bond acceptors (Lipinski definition) is 4. The average Bonchev–Trinajstić information content (AvgIpc) is 3.38. The normalized spacial score (nSPS) is 14.7.